The molecule has 6 heteroatoms. The number of carbonyl (C=O) groups is 1. The number of aliphatic hydroxyl groups is 1. The summed E-state index contributed by atoms with van der Waals surface area (Å²) in [6.45, 7) is 9.87. The molecule has 1 N–H and O–H groups in total. The second-order valence-electron chi connectivity index (χ2n) is 18.6. The molecule has 2 aliphatic rings. The SMILES string of the molecule is CCCCCC(CCOC(=O)CCC1CCCCC1)CCC(CCC(CCCCC)CCSCC(CCCC)OCCCC1CCCCC1)N(C)CCCCO. The first-order chi connectivity index (χ1) is 27.5. The number of carbonyl (C=O) groups excluding carboxylic acids is 1. The molecule has 0 amide bonds. The van der Waals surface area contributed by atoms with Crippen LogP contribution in [-0.4, -0.2) is 73.0 Å². The van der Waals surface area contributed by atoms with Gasteiger partial charge in [-0.15, -0.1) is 0 Å². The van der Waals surface area contributed by atoms with Crippen molar-refractivity contribution in [3.8, 4) is 0 Å². The maximum Gasteiger partial charge on any atom is 0.305 e. The molecule has 0 bridgehead atoms. The van der Waals surface area contributed by atoms with Crippen molar-refractivity contribution in [1.82, 2.24) is 4.90 Å². The fraction of sp³-hybridized carbons (Fsp3) is 0.980. The van der Waals surface area contributed by atoms with Gasteiger partial charge < -0.3 is 19.5 Å². The third-order valence-corrected chi connectivity index (χ3v) is 14.9. The number of hydrogen-bond acceptors (Lipinski definition) is 6. The summed E-state index contributed by atoms with van der Waals surface area (Å²) in [5, 5.41) is 9.52. The molecule has 0 aromatic rings. The van der Waals surface area contributed by atoms with Crippen LogP contribution in [0.1, 0.15) is 233 Å². The normalized spacial score (nSPS) is 18.0. The third kappa shape index (κ3) is 27.5. The monoisotopic (exact) mass is 808 g/mol. The van der Waals surface area contributed by atoms with E-state index >= 15 is 0 Å². The predicted octanol–water partition coefficient (Wildman–Crippen LogP) is 14.4. The number of aliphatic hydroxyl groups excluding tert-OH is 1. The molecule has 2 rings (SSSR count). The molecule has 0 heterocycles. The average Bonchev–Trinajstić information content (AvgIpc) is 3.22. The van der Waals surface area contributed by atoms with Gasteiger partial charge in [0.1, 0.15) is 0 Å². The Morgan fingerprint density at radius 3 is 1.86 bits per heavy atom. The minimum atomic E-state index is 0.0329. The molecular formula is C50H97NO4S. The minimum Gasteiger partial charge on any atom is -0.466 e. The fourth-order valence-electron chi connectivity index (χ4n) is 9.75. The van der Waals surface area contributed by atoms with Crippen molar-refractivity contribution in [1.29, 1.82) is 0 Å². The number of hydrogen-bond donors (Lipinski definition) is 1. The van der Waals surface area contributed by atoms with Crippen LogP contribution in [0.2, 0.25) is 0 Å². The van der Waals surface area contributed by atoms with Crippen LogP contribution in [0.3, 0.4) is 0 Å². The Kier molecular flexibility index (Phi) is 33.8. The van der Waals surface area contributed by atoms with Gasteiger partial charge in [-0.1, -0.05) is 149 Å². The van der Waals surface area contributed by atoms with Gasteiger partial charge in [0.05, 0.1) is 12.7 Å². The largest absolute Gasteiger partial charge is 0.466 e. The quantitative estimate of drug-likeness (QED) is 0.0495. The van der Waals surface area contributed by atoms with Crippen molar-refractivity contribution in [3.05, 3.63) is 0 Å². The summed E-state index contributed by atoms with van der Waals surface area (Å²) < 4.78 is 12.4. The first-order valence-electron chi connectivity index (χ1n) is 25.1. The van der Waals surface area contributed by atoms with Crippen LogP contribution in [0.15, 0.2) is 0 Å². The van der Waals surface area contributed by atoms with Crippen LogP contribution in [0.25, 0.3) is 0 Å². The minimum absolute atomic E-state index is 0.0329. The van der Waals surface area contributed by atoms with Gasteiger partial charge in [-0.3, -0.25) is 4.79 Å². The van der Waals surface area contributed by atoms with Crippen LogP contribution in [-0.2, 0) is 14.3 Å². The van der Waals surface area contributed by atoms with Crippen LogP contribution in [0.4, 0.5) is 0 Å². The molecule has 56 heavy (non-hydrogen) atoms. The Morgan fingerprint density at radius 2 is 1.25 bits per heavy atom. The van der Waals surface area contributed by atoms with Gasteiger partial charge in [0.2, 0.25) is 0 Å². The lowest BCUT2D eigenvalue weighted by atomic mass is 9.86. The van der Waals surface area contributed by atoms with Gasteiger partial charge in [-0.05, 0) is 120 Å². The summed E-state index contributed by atoms with van der Waals surface area (Å²) in [5.41, 5.74) is 0. The number of rotatable bonds is 38. The van der Waals surface area contributed by atoms with E-state index in [1.807, 2.05) is 0 Å². The van der Waals surface area contributed by atoms with Crippen molar-refractivity contribution in [2.45, 2.75) is 245 Å². The van der Waals surface area contributed by atoms with Gasteiger partial charge in [0.15, 0.2) is 0 Å². The number of nitrogens with zero attached hydrogens (tertiary/aromatic N) is 1. The molecule has 2 fully saturated rings. The Hall–Kier alpha value is -0.300. The van der Waals surface area contributed by atoms with Crippen molar-refractivity contribution in [3.63, 3.8) is 0 Å². The topological polar surface area (TPSA) is 59.0 Å². The Labute approximate surface area is 354 Å². The first kappa shape index (κ1) is 51.8. The zero-order chi connectivity index (χ0) is 40.3. The highest BCUT2D eigenvalue weighted by atomic mass is 32.2. The Morgan fingerprint density at radius 1 is 0.643 bits per heavy atom. The van der Waals surface area contributed by atoms with Gasteiger partial charge in [-0.2, -0.15) is 11.8 Å². The lowest BCUT2D eigenvalue weighted by Gasteiger charge is -2.31. The summed E-state index contributed by atoms with van der Waals surface area (Å²) in [5.74, 6) is 5.60. The summed E-state index contributed by atoms with van der Waals surface area (Å²) in [7, 11) is 2.34. The van der Waals surface area contributed by atoms with E-state index in [1.165, 1.54) is 186 Å². The van der Waals surface area contributed by atoms with E-state index in [1.54, 1.807) is 0 Å². The highest BCUT2D eigenvalue weighted by Gasteiger charge is 2.22. The molecule has 0 radical (unpaired) electrons. The van der Waals surface area contributed by atoms with E-state index in [-0.39, 0.29) is 5.97 Å². The molecule has 0 spiro atoms. The second kappa shape index (κ2) is 36.5. The smallest absolute Gasteiger partial charge is 0.305 e. The average molecular weight is 808 g/mol. The highest BCUT2D eigenvalue weighted by Crippen LogP contribution is 2.30. The van der Waals surface area contributed by atoms with E-state index < -0.39 is 0 Å². The second-order valence-corrected chi connectivity index (χ2v) is 19.8. The van der Waals surface area contributed by atoms with Crippen molar-refractivity contribution >= 4 is 17.7 Å². The van der Waals surface area contributed by atoms with E-state index in [0.29, 0.717) is 37.7 Å². The van der Waals surface area contributed by atoms with Crippen LogP contribution in [0, 0.1) is 23.7 Å². The highest BCUT2D eigenvalue weighted by molar-refractivity contribution is 7.99. The number of esters is 1. The zero-order valence-electron chi connectivity index (χ0n) is 38.1. The maximum atomic E-state index is 12.7. The summed E-state index contributed by atoms with van der Waals surface area (Å²) in [6.07, 6.45) is 42.2. The van der Waals surface area contributed by atoms with E-state index in [4.69, 9.17) is 9.47 Å². The molecule has 0 aliphatic heterocycles. The molecule has 4 atom stereocenters. The van der Waals surface area contributed by atoms with E-state index in [0.717, 1.165) is 62.3 Å². The lowest BCUT2D eigenvalue weighted by molar-refractivity contribution is -0.144. The van der Waals surface area contributed by atoms with Crippen molar-refractivity contribution < 1.29 is 19.4 Å². The molecule has 5 nitrogen and oxygen atoms in total. The van der Waals surface area contributed by atoms with Crippen molar-refractivity contribution in [2.75, 3.05) is 44.9 Å². The zero-order valence-corrected chi connectivity index (χ0v) is 38.9. The maximum absolute atomic E-state index is 12.7. The van der Waals surface area contributed by atoms with Crippen molar-refractivity contribution in [2.24, 2.45) is 23.7 Å². The Balaban J connectivity index is 1.89. The summed E-state index contributed by atoms with van der Waals surface area (Å²) in [6, 6.07) is 0.585. The number of unbranched alkanes of at least 4 members (excludes halogenated alkanes) is 6. The van der Waals surface area contributed by atoms with E-state index in [9.17, 15) is 9.90 Å². The predicted molar refractivity (Wildman–Crippen MR) is 245 cm³/mol. The van der Waals surface area contributed by atoms with E-state index in [2.05, 4.69) is 44.5 Å². The van der Waals surface area contributed by atoms with Crippen LogP contribution >= 0.6 is 11.8 Å². The Bertz CT molecular complexity index is 862. The molecule has 2 aliphatic carbocycles. The molecule has 332 valence electrons. The number of thioether (sulfide) groups is 1. The molecule has 0 saturated heterocycles. The lowest BCUT2D eigenvalue weighted by Crippen LogP contribution is -2.33. The summed E-state index contributed by atoms with van der Waals surface area (Å²) >= 11 is 2.17. The molecule has 4 unspecified atom stereocenters. The van der Waals surface area contributed by atoms with Crippen LogP contribution < -0.4 is 0 Å². The third-order valence-electron chi connectivity index (χ3n) is 13.7. The van der Waals surface area contributed by atoms with Gasteiger partial charge in [0, 0.05) is 31.4 Å². The van der Waals surface area contributed by atoms with Gasteiger partial charge in [-0.25, -0.2) is 0 Å². The molecule has 0 aromatic heterocycles. The molecular weight excluding hydrogens is 711 g/mol. The number of ether oxygens (including phenoxy) is 2. The fourth-order valence-corrected chi connectivity index (χ4v) is 10.9. The molecule has 2 saturated carbocycles. The summed E-state index contributed by atoms with van der Waals surface area (Å²) in [4.78, 5) is 15.3. The standard InChI is InChI=1S/C50H97NO4S/c1-5-8-13-22-46(36-41-55-50(53)35-32-45-26-17-12-18-27-45)30-33-48(51(4)38-19-20-39-52)34-31-47(23-14-9-6-2)37-42-56-43-49(29-10-7-3)54-40-21-28-44-24-15-11-16-25-44/h44-49,52H,5-43H2,1-4H3. The first-order valence-corrected chi connectivity index (χ1v) is 26.3. The van der Waals surface area contributed by atoms with Gasteiger partial charge in [0.25, 0.3) is 0 Å². The van der Waals surface area contributed by atoms with Gasteiger partial charge >= 0.3 is 5.97 Å². The van der Waals surface area contributed by atoms with Crippen LogP contribution in [0.5, 0.6) is 0 Å². The molecule has 0 aromatic carbocycles.